The number of nitrogens with one attached hydrogen (secondary N) is 1. The van der Waals surface area contributed by atoms with Gasteiger partial charge in [0.05, 0.1) is 18.4 Å². The summed E-state index contributed by atoms with van der Waals surface area (Å²) >= 11 is 1.73. The third kappa shape index (κ3) is 4.70. The number of piperidine rings is 1. The number of methoxy groups -OCH3 is 1. The molecule has 2 heterocycles. The van der Waals surface area contributed by atoms with E-state index in [1.165, 1.54) is 0 Å². The summed E-state index contributed by atoms with van der Waals surface area (Å²) < 4.78 is 4.92. The Morgan fingerprint density at radius 1 is 1.55 bits per heavy atom. The molecule has 6 heteroatoms. The maximum Gasteiger partial charge on any atom is 0.185 e. The van der Waals surface area contributed by atoms with Crippen LogP contribution in [0.2, 0.25) is 0 Å². The Bertz CT molecular complexity index is 392. The molecule has 1 aliphatic rings. The van der Waals surface area contributed by atoms with Crippen LogP contribution >= 0.6 is 11.3 Å². The van der Waals surface area contributed by atoms with Crippen LogP contribution in [0.1, 0.15) is 25.0 Å². The van der Waals surface area contributed by atoms with E-state index in [1.54, 1.807) is 18.4 Å². The smallest absolute Gasteiger partial charge is 0.185 e. The molecule has 1 atom stereocenters. The average molecular weight is 299 g/mol. The topological polar surface area (TPSA) is 57.6 Å². The van der Waals surface area contributed by atoms with E-state index >= 15 is 0 Å². The second-order valence-electron chi connectivity index (χ2n) is 5.38. The normalized spacial score (nSPS) is 18.4. The van der Waals surface area contributed by atoms with Gasteiger partial charge in [0.25, 0.3) is 0 Å². The van der Waals surface area contributed by atoms with E-state index in [4.69, 9.17) is 4.74 Å². The molecule has 1 aliphatic heterocycles. The lowest BCUT2D eigenvalue weighted by Crippen LogP contribution is -2.43. The minimum Gasteiger partial charge on any atom is -0.391 e. The van der Waals surface area contributed by atoms with E-state index < -0.39 is 0 Å². The molecule has 1 saturated heterocycles. The van der Waals surface area contributed by atoms with Gasteiger partial charge >= 0.3 is 0 Å². The third-order valence-electron chi connectivity index (χ3n) is 3.64. The second-order valence-corrected chi connectivity index (χ2v) is 6.22. The standard InChI is InChI=1S/C14H25N3O2S/c1-11-10-20-14(16-11)17-7-4-12(5-8-17)15-6-3-13(18)9-19-2/h10,12-13,15,18H,3-9H2,1-2H3. The van der Waals surface area contributed by atoms with Gasteiger partial charge < -0.3 is 20.1 Å². The summed E-state index contributed by atoms with van der Waals surface area (Å²) in [5.74, 6) is 0. The van der Waals surface area contributed by atoms with Crippen LogP contribution in [0.25, 0.3) is 0 Å². The molecule has 0 amide bonds. The van der Waals surface area contributed by atoms with Crippen molar-refractivity contribution >= 4 is 16.5 Å². The Hall–Kier alpha value is -0.690. The molecule has 20 heavy (non-hydrogen) atoms. The van der Waals surface area contributed by atoms with Crippen LogP contribution in [0, 0.1) is 6.92 Å². The highest BCUT2D eigenvalue weighted by molar-refractivity contribution is 7.13. The zero-order chi connectivity index (χ0) is 14.4. The predicted molar refractivity (Wildman–Crippen MR) is 82.6 cm³/mol. The minimum atomic E-state index is -0.356. The summed E-state index contributed by atoms with van der Waals surface area (Å²) in [5, 5.41) is 16.4. The van der Waals surface area contributed by atoms with Gasteiger partial charge in [-0.2, -0.15) is 0 Å². The Balaban J connectivity index is 1.64. The lowest BCUT2D eigenvalue weighted by Gasteiger charge is -2.32. The van der Waals surface area contributed by atoms with Gasteiger partial charge in [-0.05, 0) is 32.7 Å². The monoisotopic (exact) mass is 299 g/mol. The molecule has 0 saturated carbocycles. The number of ether oxygens (including phenoxy) is 1. The van der Waals surface area contributed by atoms with Gasteiger partial charge in [-0.15, -0.1) is 11.3 Å². The fraction of sp³-hybridized carbons (Fsp3) is 0.786. The molecule has 1 aromatic heterocycles. The van der Waals surface area contributed by atoms with Crippen molar-refractivity contribution in [1.29, 1.82) is 0 Å². The van der Waals surface area contributed by atoms with Gasteiger partial charge in [-0.25, -0.2) is 4.98 Å². The van der Waals surface area contributed by atoms with Gasteiger partial charge in [-0.1, -0.05) is 0 Å². The van der Waals surface area contributed by atoms with Crippen LogP contribution in [0.15, 0.2) is 5.38 Å². The molecule has 0 aliphatic carbocycles. The van der Waals surface area contributed by atoms with E-state index in [0.717, 1.165) is 49.7 Å². The summed E-state index contributed by atoms with van der Waals surface area (Å²) in [5.41, 5.74) is 1.11. The number of thiazole rings is 1. The molecule has 0 bridgehead atoms. The molecule has 5 nitrogen and oxygen atoms in total. The number of aryl methyl sites for hydroxylation is 1. The Kier molecular flexibility index (Phi) is 6.22. The summed E-state index contributed by atoms with van der Waals surface area (Å²) in [6.07, 6.45) is 2.67. The quantitative estimate of drug-likeness (QED) is 0.797. The van der Waals surface area contributed by atoms with Crippen LogP contribution in [0.4, 0.5) is 5.13 Å². The molecule has 1 aromatic rings. The molecule has 1 fully saturated rings. The molecule has 0 aromatic carbocycles. The first kappa shape index (κ1) is 15.7. The van der Waals surface area contributed by atoms with E-state index in [1.807, 2.05) is 6.92 Å². The van der Waals surface area contributed by atoms with Crippen LogP contribution < -0.4 is 10.2 Å². The summed E-state index contributed by atoms with van der Waals surface area (Å²) in [6, 6.07) is 0.557. The highest BCUT2D eigenvalue weighted by Crippen LogP contribution is 2.23. The first-order valence-corrected chi connectivity index (χ1v) is 8.14. The molecular weight excluding hydrogens is 274 g/mol. The summed E-state index contributed by atoms with van der Waals surface area (Å²) in [4.78, 5) is 6.91. The number of nitrogens with zero attached hydrogens (tertiary/aromatic N) is 2. The van der Waals surface area contributed by atoms with Crippen molar-refractivity contribution in [2.24, 2.45) is 0 Å². The fourth-order valence-corrected chi connectivity index (χ4v) is 3.35. The van der Waals surface area contributed by atoms with Crippen LogP contribution in [0.3, 0.4) is 0 Å². The third-order valence-corrected chi connectivity index (χ3v) is 4.66. The molecule has 2 rings (SSSR count). The predicted octanol–water partition coefficient (Wildman–Crippen LogP) is 1.41. The first-order valence-electron chi connectivity index (χ1n) is 7.26. The number of aromatic nitrogens is 1. The summed E-state index contributed by atoms with van der Waals surface area (Å²) in [7, 11) is 1.62. The van der Waals surface area contributed by atoms with Crippen LogP contribution in [-0.4, -0.2) is 55.6 Å². The van der Waals surface area contributed by atoms with Crippen LogP contribution in [0.5, 0.6) is 0 Å². The van der Waals surface area contributed by atoms with Crippen molar-refractivity contribution in [3.05, 3.63) is 11.1 Å². The van der Waals surface area contributed by atoms with E-state index in [2.05, 4.69) is 20.6 Å². The number of hydrogen-bond donors (Lipinski definition) is 2. The number of aliphatic hydroxyl groups excluding tert-OH is 1. The fourth-order valence-electron chi connectivity index (χ4n) is 2.49. The lowest BCUT2D eigenvalue weighted by atomic mass is 10.1. The van der Waals surface area contributed by atoms with Crippen molar-refractivity contribution in [3.8, 4) is 0 Å². The molecule has 1 unspecified atom stereocenters. The van der Waals surface area contributed by atoms with Crippen molar-refractivity contribution in [1.82, 2.24) is 10.3 Å². The van der Waals surface area contributed by atoms with Gasteiger partial charge in [0.2, 0.25) is 0 Å². The Morgan fingerprint density at radius 2 is 2.30 bits per heavy atom. The van der Waals surface area contributed by atoms with Crippen molar-refractivity contribution in [3.63, 3.8) is 0 Å². The molecular formula is C14H25N3O2S. The molecule has 2 N–H and O–H groups in total. The number of hydrogen-bond acceptors (Lipinski definition) is 6. The van der Waals surface area contributed by atoms with Crippen molar-refractivity contribution in [2.75, 3.05) is 38.3 Å². The average Bonchev–Trinajstić information content (AvgIpc) is 2.86. The lowest BCUT2D eigenvalue weighted by molar-refractivity contribution is 0.0588. The van der Waals surface area contributed by atoms with Gasteiger partial charge in [0.1, 0.15) is 0 Å². The van der Waals surface area contributed by atoms with E-state index in [0.29, 0.717) is 12.6 Å². The minimum absolute atomic E-state index is 0.356. The van der Waals surface area contributed by atoms with Gasteiger partial charge in [0.15, 0.2) is 5.13 Å². The SMILES string of the molecule is COCC(O)CCNC1CCN(c2nc(C)cs2)CC1. The molecule has 0 radical (unpaired) electrons. The highest BCUT2D eigenvalue weighted by Gasteiger charge is 2.20. The molecule has 0 spiro atoms. The number of anilines is 1. The number of rotatable bonds is 7. The Morgan fingerprint density at radius 3 is 2.90 bits per heavy atom. The maximum absolute atomic E-state index is 9.59. The Labute approximate surface area is 125 Å². The highest BCUT2D eigenvalue weighted by atomic mass is 32.1. The van der Waals surface area contributed by atoms with Crippen molar-refractivity contribution in [2.45, 2.75) is 38.3 Å². The largest absolute Gasteiger partial charge is 0.391 e. The zero-order valence-corrected chi connectivity index (χ0v) is 13.2. The van der Waals surface area contributed by atoms with Gasteiger partial charge in [-0.3, -0.25) is 0 Å². The zero-order valence-electron chi connectivity index (χ0n) is 12.3. The maximum atomic E-state index is 9.59. The molecule has 114 valence electrons. The van der Waals surface area contributed by atoms with Gasteiger partial charge in [0, 0.05) is 31.6 Å². The van der Waals surface area contributed by atoms with Crippen molar-refractivity contribution < 1.29 is 9.84 Å². The summed E-state index contributed by atoms with van der Waals surface area (Å²) in [6.45, 7) is 5.44. The number of aliphatic hydroxyl groups is 1. The first-order chi connectivity index (χ1) is 9.69. The second kappa shape index (κ2) is 7.93. The van der Waals surface area contributed by atoms with E-state index in [-0.39, 0.29) is 6.10 Å². The van der Waals surface area contributed by atoms with E-state index in [9.17, 15) is 5.11 Å². The van der Waals surface area contributed by atoms with Crippen LogP contribution in [-0.2, 0) is 4.74 Å².